The number of rotatable bonds is 9. The Kier molecular flexibility index (Phi) is 11.6. The molecule has 3 aromatic rings. The largest absolute Gasteiger partial charge is 0.480 e. The van der Waals surface area contributed by atoms with Crippen molar-refractivity contribution in [1.29, 1.82) is 0 Å². The number of aromatic amines is 1. The Labute approximate surface area is 238 Å². The SMILES string of the molecule is CC(=O)SC[C@H](Cc1ccccc1)C(=O)N[C@@H](Cc1c[nH]c2ccccc12)C(=O)O.CN1CCN(C(N)=O)CC1. The lowest BCUT2D eigenvalue weighted by Crippen LogP contribution is -2.49. The number of hydrogen-bond donors (Lipinski definition) is 4. The average molecular weight is 568 g/mol. The molecule has 5 N–H and O–H groups in total. The number of urea groups is 1. The van der Waals surface area contributed by atoms with E-state index in [4.69, 9.17) is 5.73 Å². The molecule has 40 heavy (non-hydrogen) atoms. The number of primary amides is 1. The van der Waals surface area contributed by atoms with Crippen molar-refractivity contribution < 1.29 is 24.3 Å². The van der Waals surface area contributed by atoms with Gasteiger partial charge in [-0.3, -0.25) is 9.59 Å². The van der Waals surface area contributed by atoms with Crippen molar-refractivity contribution >= 4 is 45.7 Å². The van der Waals surface area contributed by atoms with Gasteiger partial charge in [0.2, 0.25) is 5.91 Å². The van der Waals surface area contributed by atoms with Crippen LogP contribution in [0.4, 0.5) is 4.79 Å². The molecule has 2 atom stereocenters. The molecule has 1 aliphatic rings. The number of amides is 3. The molecule has 1 saturated heterocycles. The van der Waals surface area contributed by atoms with Gasteiger partial charge in [0.15, 0.2) is 5.12 Å². The van der Waals surface area contributed by atoms with E-state index in [1.807, 2.05) is 61.6 Å². The first kappa shape index (κ1) is 30.7. The minimum Gasteiger partial charge on any atom is -0.480 e. The lowest BCUT2D eigenvalue weighted by molar-refractivity contribution is -0.142. The van der Waals surface area contributed by atoms with Crippen molar-refractivity contribution in [2.75, 3.05) is 39.0 Å². The van der Waals surface area contributed by atoms with Crippen LogP contribution in [0.5, 0.6) is 0 Å². The Morgan fingerprint density at radius 3 is 2.27 bits per heavy atom. The van der Waals surface area contributed by atoms with Crippen LogP contribution in [0.15, 0.2) is 60.8 Å². The molecule has 0 spiro atoms. The van der Waals surface area contributed by atoms with E-state index in [1.165, 1.54) is 6.92 Å². The van der Waals surface area contributed by atoms with E-state index < -0.39 is 17.9 Å². The second-order valence-corrected chi connectivity index (χ2v) is 11.0. The zero-order valence-corrected chi connectivity index (χ0v) is 23.7. The summed E-state index contributed by atoms with van der Waals surface area (Å²) in [6.07, 6.45) is 2.38. The monoisotopic (exact) mass is 567 g/mol. The van der Waals surface area contributed by atoms with Crippen LogP contribution < -0.4 is 11.1 Å². The second kappa shape index (κ2) is 15.1. The van der Waals surface area contributed by atoms with Crippen LogP contribution in [-0.2, 0) is 27.2 Å². The Hall–Kier alpha value is -3.83. The number of thioether (sulfide) groups is 1. The highest BCUT2D eigenvalue weighted by Gasteiger charge is 2.27. The van der Waals surface area contributed by atoms with Gasteiger partial charge in [-0.2, -0.15) is 0 Å². The number of nitrogens with two attached hydrogens (primary N) is 1. The van der Waals surface area contributed by atoms with Crippen LogP contribution in [0.25, 0.3) is 10.9 Å². The maximum atomic E-state index is 13.0. The quantitative estimate of drug-likeness (QED) is 0.311. The van der Waals surface area contributed by atoms with Crippen LogP contribution in [0, 0.1) is 5.92 Å². The summed E-state index contributed by atoms with van der Waals surface area (Å²) in [5.74, 6) is -1.66. The first-order valence-electron chi connectivity index (χ1n) is 13.1. The molecule has 2 aromatic carbocycles. The van der Waals surface area contributed by atoms with Gasteiger partial charge in [-0.25, -0.2) is 9.59 Å². The first-order valence-corrected chi connectivity index (χ1v) is 14.1. The van der Waals surface area contributed by atoms with E-state index in [1.54, 1.807) is 11.1 Å². The molecule has 0 radical (unpaired) electrons. The summed E-state index contributed by atoms with van der Waals surface area (Å²) in [5.41, 5.74) is 7.79. The predicted octanol–water partition coefficient (Wildman–Crippen LogP) is 2.73. The molecule has 10 nitrogen and oxygen atoms in total. The smallest absolute Gasteiger partial charge is 0.326 e. The van der Waals surface area contributed by atoms with E-state index in [0.717, 1.165) is 60.0 Å². The third-order valence-electron chi connectivity index (χ3n) is 6.71. The van der Waals surface area contributed by atoms with Crippen molar-refractivity contribution in [3.8, 4) is 0 Å². The average Bonchev–Trinajstić information content (AvgIpc) is 3.34. The van der Waals surface area contributed by atoms with E-state index in [9.17, 15) is 24.3 Å². The van der Waals surface area contributed by atoms with Crippen molar-refractivity contribution in [2.45, 2.75) is 25.8 Å². The number of aromatic nitrogens is 1. The number of carboxylic acid groups (broad SMARTS) is 1. The van der Waals surface area contributed by atoms with Gasteiger partial charge in [-0.15, -0.1) is 0 Å². The minimum absolute atomic E-state index is 0.0746. The molecule has 11 heteroatoms. The summed E-state index contributed by atoms with van der Waals surface area (Å²) in [6, 6.07) is 15.8. The molecule has 0 unspecified atom stereocenters. The number of likely N-dealkylation sites (N-methyl/N-ethyl adjacent to an activating group) is 1. The lowest BCUT2D eigenvalue weighted by Gasteiger charge is -2.30. The highest BCUT2D eigenvalue weighted by Crippen LogP contribution is 2.20. The highest BCUT2D eigenvalue weighted by molar-refractivity contribution is 8.13. The van der Waals surface area contributed by atoms with Gasteiger partial charge in [0, 0.05) is 62.4 Å². The first-order chi connectivity index (χ1) is 19.1. The summed E-state index contributed by atoms with van der Waals surface area (Å²) in [4.78, 5) is 53.8. The molecular formula is C29H37N5O5S. The molecule has 1 aliphatic heterocycles. The molecule has 0 saturated carbocycles. The maximum Gasteiger partial charge on any atom is 0.326 e. The maximum absolute atomic E-state index is 13.0. The number of para-hydroxylation sites is 1. The van der Waals surface area contributed by atoms with Gasteiger partial charge in [-0.1, -0.05) is 60.3 Å². The number of piperazine rings is 1. The number of nitrogens with one attached hydrogen (secondary N) is 2. The number of carbonyl (C=O) groups is 4. The minimum atomic E-state index is -1.09. The lowest BCUT2D eigenvalue weighted by atomic mass is 9.99. The standard InChI is InChI=1S/C23H24N2O4S.C6H13N3O/c1-15(26)30-14-18(11-16-7-3-2-4-8-16)22(27)25-21(23(28)29)12-17-13-24-20-10-6-5-9-19(17)20;1-8-2-4-9(5-3-8)6(7)10/h2-10,13,18,21,24H,11-12,14H2,1H3,(H,25,27)(H,28,29);2-5H2,1H3,(H2,7,10)/t18-,21-;/m0./s1. The summed E-state index contributed by atoms with van der Waals surface area (Å²) in [7, 11) is 2.04. The molecule has 4 rings (SSSR count). The molecule has 3 amide bonds. The van der Waals surface area contributed by atoms with Gasteiger partial charge in [0.1, 0.15) is 6.04 Å². The van der Waals surface area contributed by atoms with Crippen LogP contribution in [0.1, 0.15) is 18.1 Å². The normalized spacial score (nSPS) is 15.0. The van der Waals surface area contributed by atoms with Gasteiger partial charge >= 0.3 is 12.0 Å². The van der Waals surface area contributed by atoms with Crippen molar-refractivity contribution in [3.63, 3.8) is 0 Å². The number of hydrogen-bond acceptors (Lipinski definition) is 6. The zero-order chi connectivity index (χ0) is 29.1. The highest BCUT2D eigenvalue weighted by atomic mass is 32.2. The third kappa shape index (κ3) is 9.42. The molecule has 1 fully saturated rings. The molecule has 0 aliphatic carbocycles. The summed E-state index contributed by atoms with van der Waals surface area (Å²) < 4.78 is 0. The number of H-pyrrole nitrogens is 1. The Morgan fingerprint density at radius 1 is 1.00 bits per heavy atom. The summed E-state index contributed by atoms with van der Waals surface area (Å²) in [5, 5.41) is 13.2. The number of benzene rings is 2. The third-order valence-corrected chi connectivity index (χ3v) is 7.69. The Balaban J connectivity index is 0.000000371. The second-order valence-electron chi connectivity index (χ2n) is 9.78. The van der Waals surface area contributed by atoms with Gasteiger partial charge < -0.3 is 30.9 Å². The van der Waals surface area contributed by atoms with Crippen LogP contribution in [0.2, 0.25) is 0 Å². The van der Waals surface area contributed by atoms with Crippen LogP contribution in [0.3, 0.4) is 0 Å². The van der Waals surface area contributed by atoms with Crippen LogP contribution >= 0.6 is 11.8 Å². The van der Waals surface area contributed by atoms with E-state index in [2.05, 4.69) is 15.2 Å². The number of nitrogens with zero attached hydrogens (tertiary/aromatic N) is 2. The fraction of sp³-hybridized carbons (Fsp3) is 0.379. The number of fused-ring (bicyclic) bond motifs is 1. The number of carboxylic acids is 1. The number of carbonyl (C=O) groups excluding carboxylic acids is 3. The molecular weight excluding hydrogens is 530 g/mol. The van der Waals surface area contributed by atoms with E-state index in [-0.39, 0.29) is 23.5 Å². The molecule has 1 aromatic heterocycles. The topological polar surface area (TPSA) is 149 Å². The van der Waals surface area contributed by atoms with Crippen LogP contribution in [-0.4, -0.2) is 87.9 Å². The summed E-state index contributed by atoms with van der Waals surface area (Å²) >= 11 is 1.08. The molecule has 2 heterocycles. The van der Waals surface area contributed by atoms with Crippen molar-refractivity contribution in [3.05, 3.63) is 71.9 Å². The van der Waals surface area contributed by atoms with Gasteiger partial charge in [0.25, 0.3) is 0 Å². The van der Waals surface area contributed by atoms with E-state index >= 15 is 0 Å². The Bertz CT molecular complexity index is 1290. The van der Waals surface area contributed by atoms with Crippen molar-refractivity contribution in [1.82, 2.24) is 20.1 Å². The van der Waals surface area contributed by atoms with E-state index in [0.29, 0.717) is 12.2 Å². The fourth-order valence-corrected chi connectivity index (χ4v) is 5.09. The Morgan fingerprint density at radius 2 is 1.65 bits per heavy atom. The fourth-order valence-electron chi connectivity index (χ4n) is 4.38. The van der Waals surface area contributed by atoms with Gasteiger partial charge in [0.05, 0.1) is 5.92 Å². The number of aliphatic carboxylic acids is 1. The molecule has 0 bridgehead atoms. The van der Waals surface area contributed by atoms with Crippen molar-refractivity contribution in [2.24, 2.45) is 11.7 Å². The zero-order valence-electron chi connectivity index (χ0n) is 22.8. The molecule has 214 valence electrons. The predicted molar refractivity (Wildman–Crippen MR) is 157 cm³/mol. The summed E-state index contributed by atoms with van der Waals surface area (Å²) in [6.45, 7) is 4.86. The van der Waals surface area contributed by atoms with Gasteiger partial charge in [-0.05, 0) is 30.7 Å².